The van der Waals surface area contributed by atoms with E-state index in [-0.39, 0.29) is 11.5 Å². The Labute approximate surface area is 127 Å². The predicted octanol–water partition coefficient (Wildman–Crippen LogP) is 3.40. The lowest BCUT2D eigenvalue weighted by Gasteiger charge is -2.07. The zero-order valence-electron chi connectivity index (χ0n) is 12.0. The van der Waals surface area contributed by atoms with Crippen molar-refractivity contribution >= 4 is 22.8 Å². The molecule has 3 rings (SSSR count). The van der Waals surface area contributed by atoms with Crippen LogP contribution in [0.4, 0.5) is 5.69 Å². The molecule has 1 heterocycles. The number of nitrogens with one attached hydrogen (secondary N) is 1. The molecular weight excluding hydrogens is 278 g/mol. The number of fused-ring (bicyclic) bond motifs is 1. The van der Waals surface area contributed by atoms with Gasteiger partial charge < -0.3 is 10.2 Å². The first kappa shape index (κ1) is 13.9. The molecule has 22 heavy (non-hydrogen) atoms. The van der Waals surface area contributed by atoms with Gasteiger partial charge in [0.05, 0.1) is 17.4 Å². The van der Waals surface area contributed by atoms with Crippen LogP contribution >= 0.6 is 0 Å². The Morgan fingerprint density at radius 1 is 1.09 bits per heavy atom. The summed E-state index contributed by atoms with van der Waals surface area (Å²) in [5.41, 5.74) is 6.12. The zero-order chi connectivity index (χ0) is 15.5. The van der Waals surface area contributed by atoms with Gasteiger partial charge in [-0.3, -0.25) is 10.4 Å². The monoisotopic (exact) mass is 293 g/mol. The largest absolute Gasteiger partial charge is 0.508 e. The summed E-state index contributed by atoms with van der Waals surface area (Å²) in [4.78, 5) is 4.47. The van der Waals surface area contributed by atoms with Crippen LogP contribution in [0.15, 0.2) is 53.6 Å². The zero-order valence-corrected chi connectivity index (χ0v) is 12.0. The molecule has 1 aromatic heterocycles. The number of hydrogen-bond donors (Lipinski definition) is 3. The molecule has 2 aromatic carbocycles. The van der Waals surface area contributed by atoms with Gasteiger partial charge in [-0.25, -0.2) is 0 Å². The van der Waals surface area contributed by atoms with Gasteiger partial charge in [0, 0.05) is 22.7 Å². The Bertz CT molecular complexity index is 860. The van der Waals surface area contributed by atoms with E-state index in [1.165, 1.54) is 18.3 Å². The molecule has 3 N–H and O–H groups in total. The van der Waals surface area contributed by atoms with Crippen LogP contribution in [0.5, 0.6) is 11.5 Å². The summed E-state index contributed by atoms with van der Waals surface area (Å²) in [6, 6.07) is 14.1. The van der Waals surface area contributed by atoms with Crippen LogP contribution in [0.1, 0.15) is 11.3 Å². The van der Waals surface area contributed by atoms with Crippen LogP contribution in [-0.4, -0.2) is 21.4 Å². The van der Waals surface area contributed by atoms with Crippen LogP contribution in [0, 0.1) is 6.92 Å². The van der Waals surface area contributed by atoms with E-state index in [0.717, 1.165) is 22.3 Å². The maximum Gasteiger partial charge on any atom is 0.128 e. The molecule has 5 heteroatoms. The third-order valence-electron chi connectivity index (χ3n) is 3.25. The Kier molecular flexibility index (Phi) is 3.62. The van der Waals surface area contributed by atoms with Crippen molar-refractivity contribution in [2.24, 2.45) is 5.10 Å². The fourth-order valence-corrected chi connectivity index (χ4v) is 2.21. The van der Waals surface area contributed by atoms with Crippen molar-refractivity contribution in [2.45, 2.75) is 6.92 Å². The summed E-state index contributed by atoms with van der Waals surface area (Å²) >= 11 is 0. The van der Waals surface area contributed by atoms with Crippen LogP contribution in [0.3, 0.4) is 0 Å². The van der Waals surface area contributed by atoms with Gasteiger partial charge in [0.15, 0.2) is 0 Å². The molecule has 0 unspecified atom stereocenters. The van der Waals surface area contributed by atoms with E-state index in [9.17, 15) is 10.2 Å². The van der Waals surface area contributed by atoms with E-state index < -0.39 is 0 Å². The maximum atomic E-state index is 9.72. The SMILES string of the molecule is Cc1cc(N/N=C\c2ccc(O)cc2O)c2ccccc2n1. The number of aromatic nitrogens is 1. The summed E-state index contributed by atoms with van der Waals surface area (Å²) in [7, 11) is 0. The number of rotatable bonds is 3. The molecule has 0 aliphatic heterocycles. The van der Waals surface area contributed by atoms with Crippen molar-refractivity contribution in [3.63, 3.8) is 0 Å². The van der Waals surface area contributed by atoms with Gasteiger partial charge in [-0.05, 0) is 31.2 Å². The molecular formula is C17H15N3O2. The molecule has 5 nitrogen and oxygen atoms in total. The number of aromatic hydroxyl groups is 2. The molecule has 0 spiro atoms. The van der Waals surface area contributed by atoms with Crippen LogP contribution in [0.2, 0.25) is 0 Å². The average Bonchev–Trinajstić information content (AvgIpc) is 2.49. The maximum absolute atomic E-state index is 9.72. The first-order valence-electron chi connectivity index (χ1n) is 6.81. The molecule has 110 valence electrons. The Balaban J connectivity index is 1.89. The Hall–Kier alpha value is -3.08. The van der Waals surface area contributed by atoms with Crippen molar-refractivity contribution in [1.29, 1.82) is 0 Å². The number of phenols is 2. The second-order valence-corrected chi connectivity index (χ2v) is 4.94. The molecule has 0 aliphatic carbocycles. The van der Waals surface area contributed by atoms with E-state index in [0.29, 0.717) is 5.56 Å². The lowest BCUT2D eigenvalue weighted by Crippen LogP contribution is -1.94. The van der Waals surface area contributed by atoms with Crippen molar-refractivity contribution in [1.82, 2.24) is 4.98 Å². The van der Waals surface area contributed by atoms with E-state index >= 15 is 0 Å². The highest BCUT2D eigenvalue weighted by molar-refractivity contribution is 5.92. The quantitative estimate of drug-likeness (QED) is 0.511. The molecule has 0 atom stereocenters. The minimum absolute atomic E-state index is 0.0124. The number of phenolic OH excluding ortho intramolecular Hbond substituents is 2. The minimum atomic E-state index is -0.0266. The predicted molar refractivity (Wildman–Crippen MR) is 87.5 cm³/mol. The standard InChI is InChI=1S/C17H15N3O2/c1-11-8-16(14-4-2-3-5-15(14)19-11)20-18-10-12-6-7-13(21)9-17(12)22/h2-10,21-22H,1H3,(H,19,20)/b18-10-. The Morgan fingerprint density at radius 2 is 1.91 bits per heavy atom. The third-order valence-corrected chi connectivity index (χ3v) is 3.25. The number of nitrogens with zero attached hydrogens (tertiary/aromatic N) is 2. The van der Waals surface area contributed by atoms with E-state index in [1.807, 2.05) is 37.3 Å². The van der Waals surface area contributed by atoms with Gasteiger partial charge in [0.1, 0.15) is 11.5 Å². The van der Waals surface area contributed by atoms with E-state index in [4.69, 9.17) is 0 Å². The highest BCUT2D eigenvalue weighted by atomic mass is 16.3. The summed E-state index contributed by atoms with van der Waals surface area (Å²) in [5, 5.41) is 24.1. The molecule has 0 saturated carbocycles. The number of hydrogen-bond acceptors (Lipinski definition) is 5. The highest BCUT2D eigenvalue weighted by Gasteiger charge is 2.03. The van der Waals surface area contributed by atoms with Crippen LogP contribution in [-0.2, 0) is 0 Å². The van der Waals surface area contributed by atoms with Gasteiger partial charge >= 0.3 is 0 Å². The lowest BCUT2D eigenvalue weighted by atomic mass is 10.1. The average molecular weight is 293 g/mol. The summed E-state index contributed by atoms with van der Waals surface area (Å²) in [6.07, 6.45) is 1.50. The van der Waals surface area contributed by atoms with E-state index in [2.05, 4.69) is 15.5 Å². The fraction of sp³-hybridized carbons (Fsp3) is 0.0588. The summed E-state index contributed by atoms with van der Waals surface area (Å²) < 4.78 is 0. The number of aryl methyl sites for hydroxylation is 1. The van der Waals surface area contributed by atoms with Crippen molar-refractivity contribution < 1.29 is 10.2 Å². The first-order valence-corrected chi connectivity index (χ1v) is 6.81. The Morgan fingerprint density at radius 3 is 2.73 bits per heavy atom. The molecule has 3 aromatic rings. The molecule has 0 bridgehead atoms. The highest BCUT2D eigenvalue weighted by Crippen LogP contribution is 2.23. The number of anilines is 1. The lowest BCUT2D eigenvalue weighted by molar-refractivity contribution is 0.450. The minimum Gasteiger partial charge on any atom is -0.508 e. The van der Waals surface area contributed by atoms with Gasteiger partial charge in [-0.1, -0.05) is 18.2 Å². The second kappa shape index (κ2) is 5.73. The van der Waals surface area contributed by atoms with E-state index in [1.54, 1.807) is 6.07 Å². The number of hydrazone groups is 1. The second-order valence-electron chi connectivity index (χ2n) is 4.94. The van der Waals surface area contributed by atoms with Gasteiger partial charge in [-0.15, -0.1) is 0 Å². The van der Waals surface area contributed by atoms with Crippen molar-refractivity contribution in [3.05, 3.63) is 59.8 Å². The molecule has 0 radical (unpaired) electrons. The molecule has 0 saturated heterocycles. The third kappa shape index (κ3) is 2.83. The number of para-hydroxylation sites is 1. The molecule has 0 fully saturated rings. The van der Waals surface area contributed by atoms with Gasteiger partial charge in [0.25, 0.3) is 0 Å². The fourth-order valence-electron chi connectivity index (χ4n) is 2.21. The summed E-state index contributed by atoms with van der Waals surface area (Å²) in [6.45, 7) is 1.92. The molecule has 0 amide bonds. The normalized spacial score (nSPS) is 11.1. The van der Waals surface area contributed by atoms with Crippen molar-refractivity contribution in [2.75, 3.05) is 5.43 Å². The molecule has 0 aliphatic rings. The smallest absolute Gasteiger partial charge is 0.128 e. The first-order chi connectivity index (χ1) is 10.6. The van der Waals surface area contributed by atoms with Gasteiger partial charge in [0.2, 0.25) is 0 Å². The van der Waals surface area contributed by atoms with Crippen LogP contribution < -0.4 is 5.43 Å². The van der Waals surface area contributed by atoms with Crippen molar-refractivity contribution in [3.8, 4) is 11.5 Å². The van der Waals surface area contributed by atoms with Crippen LogP contribution in [0.25, 0.3) is 10.9 Å². The topological polar surface area (TPSA) is 77.7 Å². The number of pyridine rings is 1. The summed E-state index contributed by atoms with van der Waals surface area (Å²) in [5.74, 6) is -0.0142. The van der Waals surface area contributed by atoms with Gasteiger partial charge in [-0.2, -0.15) is 5.10 Å². The number of benzene rings is 2.